The van der Waals surface area contributed by atoms with Crippen molar-refractivity contribution in [1.82, 2.24) is 0 Å². The summed E-state index contributed by atoms with van der Waals surface area (Å²) < 4.78 is 5.74. The number of carbonyl (C=O) groups is 1. The molecule has 2 rings (SSSR count). The number of rotatable bonds is 3. The van der Waals surface area contributed by atoms with Gasteiger partial charge in [0, 0.05) is 12.0 Å². The minimum atomic E-state index is -0.238. The molecule has 86 valence electrons. The molecular weight excluding hydrogens is 222 g/mol. The van der Waals surface area contributed by atoms with Crippen LogP contribution in [-0.4, -0.2) is 17.3 Å². The monoisotopic (exact) mass is 237 g/mol. The van der Waals surface area contributed by atoms with Crippen molar-refractivity contribution in [3.8, 4) is 5.75 Å². The van der Waals surface area contributed by atoms with Gasteiger partial charge in [-0.2, -0.15) is 0 Å². The number of Topliss-reactive ketones (excluding diaryl/α,β-unsaturated/α-hetero) is 1. The van der Waals surface area contributed by atoms with Crippen LogP contribution in [0.15, 0.2) is 23.1 Å². The number of hydrogen-bond donors (Lipinski definition) is 1. The highest BCUT2D eigenvalue weighted by Crippen LogP contribution is 2.47. The topological polar surface area (TPSA) is 52.3 Å². The molecule has 0 atom stereocenters. The zero-order valence-electron chi connectivity index (χ0n) is 9.45. The lowest BCUT2D eigenvalue weighted by Crippen LogP contribution is -2.18. The Bertz CT molecular complexity index is 429. The van der Waals surface area contributed by atoms with Gasteiger partial charge in [0.1, 0.15) is 5.75 Å². The zero-order valence-corrected chi connectivity index (χ0v) is 10.3. The van der Waals surface area contributed by atoms with E-state index in [2.05, 4.69) is 0 Å². The normalized spacial score (nSPS) is 16.7. The largest absolute Gasteiger partial charge is 0.476 e. The molecule has 0 fully saturated rings. The van der Waals surface area contributed by atoms with Crippen molar-refractivity contribution < 1.29 is 9.53 Å². The highest BCUT2D eigenvalue weighted by molar-refractivity contribution is 8.00. The Balaban J connectivity index is 2.26. The van der Waals surface area contributed by atoms with Crippen LogP contribution in [-0.2, 0) is 0 Å². The van der Waals surface area contributed by atoms with Gasteiger partial charge < -0.3 is 10.5 Å². The first kappa shape index (κ1) is 11.5. The molecule has 2 N–H and O–H groups in total. The van der Waals surface area contributed by atoms with E-state index >= 15 is 0 Å². The van der Waals surface area contributed by atoms with Crippen molar-refractivity contribution in [3.63, 3.8) is 0 Å². The first-order valence-corrected chi connectivity index (χ1v) is 6.09. The molecule has 0 aromatic heterocycles. The van der Waals surface area contributed by atoms with Crippen LogP contribution >= 0.6 is 11.8 Å². The van der Waals surface area contributed by atoms with E-state index in [1.807, 2.05) is 32.0 Å². The average molecular weight is 237 g/mol. The smallest absolute Gasteiger partial charge is 0.164 e. The van der Waals surface area contributed by atoms with Gasteiger partial charge in [-0.15, -0.1) is 0 Å². The van der Waals surface area contributed by atoms with Crippen molar-refractivity contribution in [1.29, 1.82) is 0 Å². The van der Waals surface area contributed by atoms with Crippen molar-refractivity contribution in [3.05, 3.63) is 23.8 Å². The van der Waals surface area contributed by atoms with E-state index in [9.17, 15) is 4.79 Å². The van der Waals surface area contributed by atoms with Gasteiger partial charge in [-0.05, 0) is 32.5 Å². The van der Waals surface area contributed by atoms with Gasteiger partial charge in [-0.3, -0.25) is 4.79 Å². The van der Waals surface area contributed by atoms with Crippen LogP contribution in [0.5, 0.6) is 5.75 Å². The Morgan fingerprint density at radius 1 is 1.50 bits per heavy atom. The molecule has 0 saturated heterocycles. The summed E-state index contributed by atoms with van der Waals surface area (Å²) in [6.07, 6.45) is 0.384. The molecule has 1 heterocycles. The number of thioether (sulfide) groups is 1. The quantitative estimate of drug-likeness (QED) is 0.820. The van der Waals surface area contributed by atoms with Gasteiger partial charge in [0.2, 0.25) is 0 Å². The number of fused-ring (bicyclic) bond motifs is 1. The number of ketones is 1. The second-order valence-electron chi connectivity index (χ2n) is 4.23. The van der Waals surface area contributed by atoms with Gasteiger partial charge in [-0.1, -0.05) is 17.8 Å². The Morgan fingerprint density at radius 3 is 2.94 bits per heavy atom. The van der Waals surface area contributed by atoms with Crippen LogP contribution < -0.4 is 10.5 Å². The number of ether oxygens (including phenoxy) is 1. The van der Waals surface area contributed by atoms with E-state index in [0.29, 0.717) is 18.5 Å². The molecule has 0 bridgehead atoms. The SMILES string of the molecule is CC1(C)Oc2cc(C(=O)CCN)ccc2S1. The molecule has 0 amide bonds. The lowest BCUT2D eigenvalue weighted by atomic mass is 10.1. The van der Waals surface area contributed by atoms with E-state index in [-0.39, 0.29) is 10.7 Å². The van der Waals surface area contributed by atoms with Crippen LogP contribution in [0.3, 0.4) is 0 Å². The summed E-state index contributed by atoms with van der Waals surface area (Å²) >= 11 is 1.67. The zero-order chi connectivity index (χ0) is 11.8. The molecule has 1 aromatic carbocycles. The van der Waals surface area contributed by atoms with Gasteiger partial charge in [-0.25, -0.2) is 0 Å². The maximum absolute atomic E-state index is 11.7. The summed E-state index contributed by atoms with van der Waals surface area (Å²) in [6, 6.07) is 5.60. The highest BCUT2D eigenvalue weighted by Gasteiger charge is 2.31. The third kappa shape index (κ3) is 2.23. The Labute approximate surface area is 99.4 Å². The average Bonchev–Trinajstić information content (AvgIpc) is 2.50. The molecule has 3 nitrogen and oxygen atoms in total. The minimum absolute atomic E-state index is 0.0728. The van der Waals surface area contributed by atoms with E-state index in [1.165, 1.54) is 0 Å². The molecule has 1 aliphatic heterocycles. The van der Waals surface area contributed by atoms with Gasteiger partial charge in [0.25, 0.3) is 0 Å². The molecule has 16 heavy (non-hydrogen) atoms. The lowest BCUT2D eigenvalue weighted by Gasteiger charge is -2.15. The van der Waals surface area contributed by atoms with Crippen LogP contribution in [0.2, 0.25) is 0 Å². The number of nitrogens with two attached hydrogens (primary N) is 1. The Kier molecular flexibility index (Phi) is 2.95. The summed E-state index contributed by atoms with van der Waals surface area (Å²) in [7, 11) is 0. The van der Waals surface area contributed by atoms with Crippen molar-refractivity contribution in [2.24, 2.45) is 5.73 Å². The van der Waals surface area contributed by atoms with Crippen molar-refractivity contribution >= 4 is 17.5 Å². The molecular formula is C12H15NO2S. The second-order valence-corrected chi connectivity index (χ2v) is 5.85. The van der Waals surface area contributed by atoms with Crippen LogP contribution in [0.25, 0.3) is 0 Å². The van der Waals surface area contributed by atoms with Gasteiger partial charge >= 0.3 is 0 Å². The standard InChI is InChI=1S/C12H15NO2S/c1-12(2)15-10-7-8(9(14)5-6-13)3-4-11(10)16-12/h3-4,7H,5-6,13H2,1-2H3. The first-order chi connectivity index (χ1) is 7.52. The summed E-state index contributed by atoms with van der Waals surface area (Å²) in [5.74, 6) is 0.876. The molecule has 0 aliphatic carbocycles. The number of benzene rings is 1. The molecule has 1 aromatic rings. The third-order valence-corrected chi connectivity index (χ3v) is 3.48. The maximum atomic E-state index is 11.7. The van der Waals surface area contributed by atoms with Crippen molar-refractivity contribution in [2.75, 3.05) is 6.54 Å². The molecule has 0 radical (unpaired) electrons. The second kappa shape index (κ2) is 4.11. The highest BCUT2D eigenvalue weighted by atomic mass is 32.2. The fourth-order valence-electron chi connectivity index (χ4n) is 1.67. The van der Waals surface area contributed by atoms with Crippen LogP contribution in [0.1, 0.15) is 30.6 Å². The Hall–Kier alpha value is -1.00. The summed E-state index contributed by atoms with van der Waals surface area (Å²) in [6.45, 7) is 4.41. The Morgan fingerprint density at radius 2 is 2.25 bits per heavy atom. The lowest BCUT2D eigenvalue weighted by molar-refractivity contribution is 0.0984. The van der Waals surface area contributed by atoms with Crippen LogP contribution in [0, 0.1) is 0 Å². The van der Waals surface area contributed by atoms with Gasteiger partial charge in [0.15, 0.2) is 10.7 Å². The summed E-state index contributed by atoms with van der Waals surface area (Å²) in [4.78, 5) is 12.5. The predicted octanol–water partition coefficient (Wildman–Crippen LogP) is 2.44. The predicted molar refractivity (Wildman–Crippen MR) is 65.0 cm³/mol. The number of hydrogen-bond acceptors (Lipinski definition) is 4. The molecule has 4 heteroatoms. The summed E-state index contributed by atoms with van der Waals surface area (Å²) in [5.41, 5.74) is 6.05. The fraction of sp³-hybridized carbons (Fsp3) is 0.417. The molecule has 0 saturated carbocycles. The maximum Gasteiger partial charge on any atom is 0.164 e. The minimum Gasteiger partial charge on any atom is -0.476 e. The van der Waals surface area contributed by atoms with Crippen LogP contribution in [0.4, 0.5) is 0 Å². The van der Waals surface area contributed by atoms with E-state index in [0.717, 1.165) is 10.6 Å². The summed E-state index contributed by atoms with van der Waals surface area (Å²) in [5, 5.41) is 0. The first-order valence-electron chi connectivity index (χ1n) is 5.27. The molecule has 1 aliphatic rings. The number of carbonyl (C=O) groups excluding carboxylic acids is 1. The fourth-order valence-corrected chi connectivity index (χ4v) is 2.67. The van der Waals surface area contributed by atoms with Gasteiger partial charge in [0.05, 0.1) is 4.90 Å². The third-order valence-electron chi connectivity index (χ3n) is 2.35. The van der Waals surface area contributed by atoms with Crippen molar-refractivity contribution in [2.45, 2.75) is 30.1 Å². The van der Waals surface area contributed by atoms with E-state index in [4.69, 9.17) is 10.5 Å². The molecule has 0 spiro atoms. The van der Waals surface area contributed by atoms with E-state index < -0.39 is 0 Å². The molecule has 0 unspecified atom stereocenters. The van der Waals surface area contributed by atoms with E-state index in [1.54, 1.807) is 11.8 Å².